The van der Waals surface area contributed by atoms with Crippen molar-refractivity contribution >= 4 is 50.2 Å². The lowest BCUT2D eigenvalue weighted by atomic mass is 9.84. The number of benzene rings is 2. The van der Waals surface area contributed by atoms with Gasteiger partial charge in [-0.2, -0.15) is 4.72 Å². The number of piperidine rings is 2. The van der Waals surface area contributed by atoms with Crippen LogP contribution >= 0.6 is 11.6 Å². The van der Waals surface area contributed by atoms with Gasteiger partial charge in [-0.05, 0) is 102 Å². The summed E-state index contributed by atoms with van der Waals surface area (Å²) >= 11 is 6.21. The van der Waals surface area contributed by atoms with Gasteiger partial charge in [0.15, 0.2) is 0 Å². The van der Waals surface area contributed by atoms with E-state index in [4.69, 9.17) is 11.6 Å². The molecule has 2 aliphatic heterocycles. The van der Waals surface area contributed by atoms with Gasteiger partial charge >= 0.3 is 5.97 Å². The average Bonchev–Trinajstić information content (AvgIpc) is 3.03. The van der Waals surface area contributed by atoms with Gasteiger partial charge < -0.3 is 26.4 Å². The highest BCUT2D eigenvalue weighted by molar-refractivity contribution is 7.89. The molecule has 0 radical (unpaired) electrons. The molecule has 2 amide bonds. The molecule has 4 rings (SSSR count). The van der Waals surface area contributed by atoms with E-state index in [1.54, 1.807) is 24.3 Å². The van der Waals surface area contributed by atoms with Gasteiger partial charge in [-0.1, -0.05) is 35.9 Å². The lowest BCUT2D eigenvalue weighted by Crippen LogP contribution is -2.50. The third kappa shape index (κ3) is 9.87. The molecule has 2 heterocycles. The fraction of sp³-hybridized carbons (Fsp3) is 0.581. The summed E-state index contributed by atoms with van der Waals surface area (Å²) in [6.45, 7) is 3.18. The quantitative estimate of drug-likeness (QED) is 0.171. The molecule has 13 heteroatoms. The van der Waals surface area contributed by atoms with Crippen LogP contribution in [0.15, 0.2) is 41.3 Å². The van der Waals surface area contributed by atoms with Crippen LogP contribution in [0.4, 0.5) is 0 Å². The first-order valence-electron chi connectivity index (χ1n) is 15.5. The zero-order chi connectivity index (χ0) is 31.5. The van der Waals surface area contributed by atoms with Crippen molar-refractivity contribution in [3.63, 3.8) is 0 Å². The maximum Gasteiger partial charge on any atom is 0.323 e. The first-order valence-corrected chi connectivity index (χ1v) is 17.4. The molecular formula is C31H44ClN5O6S. The third-order valence-electron chi connectivity index (χ3n) is 8.78. The summed E-state index contributed by atoms with van der Waals surface area (Å²) in [5.41, 5.74) is 0. The number of fused-ring (bicyclic) bond motifs is 1. The van der Waals surface area contributed by atoms with Crippen molar-refractivity contribution in [3.05, 3.63) is 41.4 Å². The minimum Gasteiger partial charge on any atom is -0.480 e. The second kappa shape index (κ2) is 16.5. The van der Waals surface area contributed by atoms with Crippen molar-refractivity contribution < 1.29 is 27.9 Å². The highest BCUT2D eigenvalue weighted by Gasteiger charge is 2.28. The SMILES string of the molecule is O=C(CNC(=O)C(CCC1CCNCC1)CCC1CCNCC1)NCC(NS(=O)(=O)c1ccc(Cl)c2ccccc12)C(=O)O. The molecule has 0 saturated carbocycles. The Bertz CT molecular complexity index is 1370. The lowest BCUT2D eigenvalue weighted by Gasteiger charge is -2.27. The fourth-order valence-corrected chi connectivity index (χ4v) is 7.74. The molecule has 11 nitrogen and oxygen atoms in total. The van der Waals surface area contributed by atoms with Crippen molar-refractivity contribution in [2.24, 2.45) is 17.8 Å². The molecule has 0 aliphatic carbocycles. The summed E-state index contributed by atoms with van der Waals surface area (Å²) in [4.78, 5) is 37.6. The number of hydrogen-bond donors (Lipinski definition) is 6. The van der Waals surface area contributed by atoms with Gasteiger partial charge in [0.2, 0.25) is 21.8 Å². The minimum atomic E-state index is -4.28. The van der Waals surface area contributed by atoms with E-state index >= 15 is 0 Å². The van der Waals surface area contributed by atoms with Gasteiger partial charge in [0.05, 0.1) is 11.4 Å². The molecule has 2 aromatic rings. The zero-order valence-corrected chi connectivity index (χ0v) is 26.5. The van der Waals surface area contributed by atoms with Crippen LogP contribution < -0.4 is 26.0 Å². The number of rotatable bonds is 15. The van der Waals surface area contributed by atoms with E-state index in [0.29, 0.717) is 27.6 Å². The van der Waals surface area contributed by atoms with Crippen LogP contribution in [-0.2, 0) is 24.4 Å². The third-order valence-corrected chi connectivity index (χ3v) is 10.6. The van der Waals surface area contributed by atoms with E-state index in [2.05, 4.69) is 26.0 Å². The predicted octanol–water partition coefficient (Wildman–Crippen LogP) is 2.63. The molecule has 1 unspecified atom stereocenters. The van der Waals surface area contributed by atoms with Crippen molar-refractivity contribution in [1.29, 1.82) is 0 Å². The highest BCUT2D eigenvalue weighted by atomic mass is 35.5. The highest BCUT2D eigenvalue weighted by Crippen LogP contribution is 2.29. The Labute approximate surface area is 264 Å². The van der Waals surface area contributed by atoms with Gasteiger partial charge in [0, 0.05) is 28.3 Å². The molecule has 44 heavy (non-hydrogen) atoms. The number of carboxylic acids is 1. The van der Waals surface area contributed by atoms with Crippen molar-refractivity contribution in [1.82, 2.24) is 26.0 Å². The maximum atomic E-state index is 13.2. The van der Waals surface area contributed by atoms with Gasteiger partial charge in [0.25, 0.3) is 0 Å². The number of halogens is 1. The molecule has 0 spiro atoms. The topological polar surface area (TPSA) is 166 Å². The van der Waals surface area contributed by atoms with Gasteiger partial charge in [-0.3, -0.25) is 14.4 Å². The number of carbonyl (C=O) groups excluding carboxylic acids is 2. The second-order valence-electron chi connectivity index (χ2n) is 11.9. The molecule has 0 aromatic heterocycles. The smallest absolute Gasteiger partial charge is 0.323 e. The Kier molecular flexibility index (Phi) is 12.8. The fourth-order valence-electron chi connectivity index (χ4n) is 6.11. The Morgan fingerprint density at radius 1 is 0.864 bits per heavy atom. The Balaban J connectivity index is 1.30. The Hall–Kier alpha value is -2.77. The van der Waals surface area contributed by atoms with E-state index in [1.165, 1.54) is 12.1 Å². The molecule has 0 bridgehead atoms. The van der Waals surface area contributed by atoms with Gasteiger partial charge in [0.1, 0.15) is 6.04 Å². The van der Waals surface area contributed by atoms with Crippen LogP contribution in [0.25, 0.3) is 10.8 Å². The number of hydrogen-bond acceptors (Lipinski definition) is 7. The second-order valence-corrected chi connectivity index (χ2v) is 14.0. The van der Waals surface area contributed by atoms with Crippen molar-refractivity contribution in [2.75, 3.05) is 39.3 Å². The monoisotopic (exact) mass is 649 g/mol. The summed E-state index contributed by atoms with van der Waals surface area (Å²) in [5.74, 6) is -1.23. The van der Waals surface area contributed by atoms with E-state index < -0.39 is 34.5 Å². The normalized spacial score (nSPS) is 17.4. The number of sulfonamides is 1. The first kappa shape index (κ1) is 34.1. The number of carboxylic acid groups (broad SMARTS) is 1. The molecule has 2 saturated heterocycles. The number of carbonyl (C=O) groups is 3. The first-order chi connectivity index (χ1) is 21.1. The van der Waals surface area contributed by atoms with Crippen molar-refractivity contribution in [3.8, 4) is 0 Å². The van der Waals surface area contributed by atoms with Crippen LogP contribution in [0.1, 0.15) is 51.4 Å². The molecule has 2 fully saturated rings. The largest absolute Gasteiger partial charge is 0.480 e. The van der Waals surface area contributed by atoms with Crippen LogP contribution in [0.5, 0.6) is 0 Å². The number of amides is 2. The van der Waals surface area contributed by atoms with Crippen LogP contribution in [0.3, 0.4) is 0 Å². The van der Waals surface area contributed by atoms with E-state index in [9.17, 15) is 27.9 Å². The van der Waals surface area contributed by atoms with Gasteiger partial charge in [-0.25, -0.2) is 8.42 Å². The summed E-state index contributed by atoms with van der Waals surface area (Å²) in [7, 11) is -4.28. The van der Waals surface area contributed by atoms with Crippen LogP contribution in [0.2, 0.25) is 5.02 Å². The zero-order valence-electron chi connectivity index (χ0n) is 24.9. The van der Waals surface area contributed by atoms with E-state index in [-0.39, 0.29) is 23.3 Å². The summed E-state index contributed by atoms with van der Waals surface area (Å²) in [5, 5.41) is 22.9. The summed E-state index contributed by atoms with van der Waals surface area (Å²) < 4.78 is 28.5. The average molecular weight is 650 g/mol. The Morgan fingerprint density at radius 3 is 2.00 bits per heavy atom. The number of nitrogens with one attached hydrogen (secondary N) is 5. The standard InChI is InChI=1S/C31H44ClN5O6S/c32-26-9-10-28(25-4-2-1-3-24(25)26)44(42,43)37-27(31(40)41)19-35-29(38)20-36-30(39)23(7-5-21-11-15-33-16-12-21)8-6-22-13-17-34-18-14-22/h1-4,9-10,21-23,27,33-34,37H,5-8,11-20H2,(H,35,38)(H,36,39)(H,40,41). The summed E-state index contributed by atoms with van der Waals surface area (Å²) in [6.07, 6.45) is 7.91. The number of aliphatic carboxylic acids is 1. The molecule has 2 aromatic carbocycles. The maximum absolute atomic E-state index is 13.2. The van der Waals surface area contributed by atoms with Crippen molar-refractivity contribution in [2.45, 2.75) is 62.3 Å². The van der Waals surface area contributed by atoms with Gasteiger partial charge in [-0.15, -0.1) is 0 Å². The van der Waals surface area contributed by atoms with Crippen LogP contribution in [-0.4, -0.2) is 76.6 Å². The van der Waals surface area contributed by atoms with E-state index in [1.807, 2.05) is 0 Å². The molecule has 1 atom stereocenters. The lowest BCUT2D eigenvalue weighted by molar-refractivity contribution is -0.139. The molecular weight excluding hydrogens is 606 g/mol. The minimum absolute atomic E-state index is 0.123. The molecule has 6 N–H and O–H groups in total. The predicted molar refractivity (Wildman–Crippen MR) is 170 cm³/mol. The van der Waals surface area contributed by atoms with E-state index in [0.717, 1.165) is 77.5 Å². The Morgan fingerprint density at radius 2 is 1.43 bits per heavy atom. The van der Waals surface area contributed by atoms with Crippen LogP contribution in [0, 0.1) is 17.8 Å². The molecule has 242 valence electrons. The summed E-state index contributed by atoms with van der Waals surface area (Å²) in [6, 6.07) is 7.76. The molecule has 2 aliphatic rings.